The summed E-state index contributed by atoms with van der Waals surface area (Å²) in [6.45, 7) is 0.925. The van der Waals surface area contributed by atoms with Crippen molar-refractivity contribution in [2.24, 2.45) is 0 Å². The first-order chi connectivity index (χ1) is 8.15. The lowest BCUT2D eigenvalue weighted by Crippen LogP contribution is -2.37. The van der Waals surface area contributed by atoms with Crippen LogP contribution in [0.2, 0.25) is 0 Å². The molecule has 0 bridgehead atoms. The van der Waals surface area contributed by atoms with Gasteiger partial charge in [0.2, 0.25) is 5.91 Å². The molecule has 1 saturated heterocycles. The summed E-state index contributed by atoms with van der Waals surface area (Å²) >= 11 is 1.14. The molecule has 98 valence electrons. The zero-order chi connectivity index (χ0) is 12.7. The largest absolute Gasteiger partial charge is 0.481 e. The van der Waals surface area contributed by atoms with Gasteiger partial charge in [-0.05, 0) is 25.7 Å². The van der Waals surface area contributed by atoms with Crippen LogP contribution in [0.5, 0.6) is 0 Å². The molecule has 0 aromatic rings. The molecular formula is C11H19NO4S. The molecule has 1 heterocycles. The molecule has 0 radical (unpaired) electrons. The lowest BCUT2D eigenvalue weighted by molar-refractivity contribution is -0.133. The number of aliphatic hydroxyl groups is 1. The van der Waals surface area contributed by atoms with E-state index < -0.39 is 5.97 Å². The number of aliphatic carboxylic acids is 1. The number of thioether (sulfide) groups is 1. The summed E-state index contributed by atoms with van der Waals surface area (Å²) < 4.78 is 0. The SMILES string of the molecule is O=C(O)CSCC(=O)N1CCCC1CCCO. The molecule has 0 aliphatic carbocycles. The van der Waals surface area contributed by atoms with Crippen LogP contribution in [0.15, 0.2) is 0 Å². The molecule has 1 atom stereocenters. The molecule has 1 fully saturated rings. The van der Waals surface area contributed by atoms with Gasteiger partial charge in [-0.1, -0.05) is 0 Å². The van der Waals surface area contributed by atoms with Gasteiger partial charge in [0.1, 0.15) is 0 Å². The number of aliphatic hydroxyl groups excluding tert-OH is 1. The Morgan fingerprint density at radius 1 is 1.35 bits per heavy atom. The molecule has 1 rings (SSSR count). The number of rotatable bonds is 7. The standard InChI is InChI=1S/C11H19NO4S/c13-6-2-4-9-3-1-5-12(9)10(14)7-17-8-11(15)16/h9,13H,1-8H2,(H,15,16). The number of hydrogen-bond donors (Lipinski definition) is 2. The van der Waals surface area contributed by atoms with E-state index in [0.717, 1.165) is 44.0 Å². The van der Waals surface area contributed by atoms with Gasteiger partial charge < -0.3 is 15.1 Å². The van der Waals surface area contributed by atoms with Crippen molar-refractivity contribution in [2.75, 3.05) is 24.7 Å². The molecule has 1 aliphatic rings. The summed E-state index contributed by atoms with van der Waals surface area (Å²) in [4.78, 5) is 24.0. The maximum Gasteiger partial charge on any atom is 0.313 e. The van der Waals surface area contributed by atoms with Crippen molar-refractivity contribution < 1.29 is 19.8 Å². The normalized spacial score (nSPS) is 19.6. The Hall–Kier alpha value is -0.750. The molecule has 0 spiro atoms. The maximum absolute atomic E-state index is 11.9. The third-order valence-corrected chi connectivity index (χ3v) is 3.75. The Balaban J connectivity index is 2.31. The second-order valence-electron chi connectivity index (χ2n) is 4.14. The third kappa shape index (κ3) is 4.95. The van der Waals surface area contributed by atoms with Crippen molar-refractivity contribution >= 4 is 23.6 Å². The van der Waals surface area contributed by atoms with Crippen molar-refractivity contribution in [3.63, 3.8) is 0 Å². The van der Waals surface area contributed by atoms with E-state index in [4.69, 9.17) is 10.2 Å². The minimum Gasteiger partial charge on any atom is -0.481 e. The fourth-order valence-corrected chi connectivity index (χ4v) is 2.72. The van der Waals surface area contributed by atoms with Crippen LogP contribution in [-0.4, -0.2) is 57.7 Å². The van der Waals surface area contributed by atoms with E-state index >= 15 is 0 Å². The van der Waals surface area contributed by atoms with Crippen LogP contribution >= 0.6 is 11.8 Å². The fraction of sp³-hybridized carbons (Fsp3) is 0.818. The molecule has 0 aromatic carbocycles. The topological polar surface area (TPSA) is 77.8 Å². The molecule has 0 saturated carbocycles. The zero-order valence-electron chi connectivity index (χ0n) is 9.80. The molecule has 1 aliphatic heterocycles. The second-order valence-corrected chi connectivity index (χ2v) is 5.12. The number of carboxylic acids is 1. The average molecular weight is 261 g/mol. The van der Waals surface area contributed by atoms with E-state index in [1.165, 1.54) is 0 Å². The lowest BCUT2D eigenvalue weighted by atomic mass is 10.1. The lowest BCUT2D eigenvalue weighted by Gasteiger charge is -2.24. The molecule has 1 unspecified atom stereocenters. The van der Waals surface area contributed by atoms with Crippen molar-refractivity contribution in [2.45, 2.75) is 31.7 Å². The number of amides is 1. The van der Waals surface area contributed by atoms with Crippen molar-refractivity contribution in [3.05, 3.63) is 0 Å². The molecular weight excluding hydrogens is 242 g/mol. The van der Waals surface area contributed by atoms with E-state index in [1.54, 1.807) is 0 Å². The molecule has 6 heteroatoms. The van der Waals surface area contributed by atoms with Gasteiger partial charge in [0.05, 0.1) is 11.5 Å². The first-order valence-electron chi connectivity index (χ1n) is 5.85. The van der Waals surface area contributed by atoms with E-state index in [-0.39, 0.29) is 30.1 Å². The molecule has 17 heavy (non-hydrogen) atoms. The first-order valence-corrected chi connectivity index (χ1v) is 7.00. The number of hydrogen-bond acceptors (Lipinski definition) is 4. The number of likely N-dealkylation sites (tertiary alicyclic amines) is 1. The van der Waals surface area contributed by atoms with Crippen LogP contribution in [0.3, 0.4) is 0 Å². The van der Waals surface area contributed by atoms with Crippen LogP contribution in [0.25, 0.3) is 0 Å². The quantitative estimate of drug-likeness (QED) is 0.700. The van der Waals surface area contributed by atoms with Crippen LogP contribution in [0.4, 0.5) is 0 Å². The summed E-state index contributed by atoms with van der Waals surface area (Å²) in [7, 11) is 0. The van der Waals surface area contributed by atoms with Crippen molar-refractivity contribution in [1.29, 1.82) is 0 Å². The maximum atomic E-state index is 11.9. The Morgan fingerprint density at radius 3 is 2.76 bits per heavy atom. The van der Waals surface area contributed by atoms with Gasteiger partial charge in [0.25, 0.3) is 0 Å². The monoisotopic (exact) mass is 261 g/mol. The van der Waals surface area contributed by atoms with Gasteiger partial charge >= 0.3 is 5.97 Å². The van der Waals surface area contributed by atoms with Crippen LogP contribution < -0.4 is 0 Å². The second kappa shape index (κ2) is 7.55. The summed E-state index contributed by atoms with van der Waals surface area (Å²) in [5.74, 6) is -0.652. The number of carbonyl (C=O) groups is 2. The van der Waals surface area contributed by atoms with Gasteiger partial charge in [-0.3, -0.25) is 9.59 Å². The minimum atomic E-state index is -0.888. The van der Waals surface area contributed by atoms with E-state index in [9.17, 15) is 9.59 Å². The average Bonchev–Trinajstić information content (AvgIpc) is 2.73. The van der Waals surface area contributed by atoms with Crippen LogP contribution in [0.1, 0.15) is 25.7 Å². The highest BCUT2D eigenvalue weighted by atomic mass is 32.2. The Kier molecular flexibility index (Phi) is 6.36. The number of carboxylic acid groups (broad SMARTS) is 1. The van der Waals surface area contributed by atoms with Gasteiger partial charge in [-0.15, -0.1) is 11.8 Å². The first kappa shape index (κ1) is 14.3. The molecule has 0 aromatic heterocycles. The predicted molar refractivity (Wildman–Crippen MR) is 66.0 cm³/mol. The zero-order valence-corrected chi connectivity index (χ0v) is 10.6. The summed E-state index contributed by atoms with van der Waals surface area (Å²) in [6, 6.07) is 0.236. The Bertz CT molecular complexity index is 272. The molecule has 1 amide bonds. The van der Waals surface area contributed by atoms with E-state index in [0.29, 0.717) is 0 Å². The number of nitrogens with zero attached hydrogens (tertiary/aromatic N) is 1. The summed E-state index contributed by atoms with van der Waals surface area (Å²) in [5.41, 5.74) is 0. The van der Waals surface area contributed by atoms with Crippen molar-refractivity contribution in [3.8, 4) is 0 Å². The smallest absolute Gasteiger partial charge is 0.313 e. The van der Waals surface area contributed by atoms with Crippen LogP contribution in [-0.2, 0) is 9.59 Å². The Morgan fingerprint density at radius 2 is 2.12 bits per heavy atom. The van der Waals surface area contributed by atoms with E-state index in [2.05, 4.69) is 0 Å². The van der Waals surface area contributed by atoms with Gasteiger partial charge in [0, 0.05) is 19.2 Å². The summed E-state index contributed by atoms with van der Waals surface area (Å²) in [5, 5.41) is 17.3. The van der Waals surface area contributed by atoms with Gasteiger partial charge in [-0.25, -0.2) is 0 Å². The highest BCUT2D eigenvalue weighted by Crippen LogP contribution is 2.22. The van der Waals surface area contributed by atoms with E-state index in [1.807, 2.05) is 4.90 Å². The highest BCUT2D eigenvalue weighted by Gasteiger charge is 2.27. The van der Waals surface area contributed by atoms with Gasteiger partial charge in [-0.2, -0.15) is 0 Å². The third-order valence-electron chi connectivity index (χ3n) is 2.84. The molecule has 2 N–H and O–H groups in total. The van der Waals surface area contributed by atoms with Crippen molar-refractivity contribution in [1.82, 2.24) is 4.90 Å². The number of carbonyl (C=O) groups excluding carboxylic acids is 1. The Labute approximate surface area is 105 Å². The predicted octanol–water partition coefficient (Wildman–Crippen LogP) is 0.568. The minimum absolute atomic E-state index is 0.0247. The van der Waals surface area contributed by atoms with Gasteiger partial charge in [0.15, 0.2) is 0 Å². The highest BCUT2D eigenvalue weighted by molar-refractivity contribution is 8.00. The summed E-state index contributed by atoms with van der Waals surface area (Å²) in [6.07, 6.45) is 3.56. The fourth-order valence-electron chi connectivity index (χ4n) is 2.10. The van der Waals surface area contributed by atoms with Crippen LogP contribution in [0, 0.1) is 0 Å². The molecule has 5 nitrogen and oxygen atoms in total.